The van der Waals surface area contributed by atoms with Gasteiger partial charge in [-0.15, -0.1) is 5.10 Å². The lowest BCUT2D eigenvalue weighted by atomic mass is 9.85. The average molecular weight is 411 g/mol. The van der Waals surface area contributed by atoms with E-state index in [4.69, 9.17) is 5.26 Å². The second-order valence-corrected chi connectivity index (χ2v) is 8.41. The third-order valence-electron chi connectivity index (χ3n) is 5.11. The molecule has 0 radical (unpaired) electrons. The van der Waals surface area contributed by atoms with Gasteiger partial charge in [0.1, 0.15) is 29.5 Å². The number of amides is 2. The molecule has 1 fully saturated rings. The van der Waals surface area contributed by atoms with Gasteiger partial charge >= 0.3 is 0 Å². The number of pyridine rings is 1. The van der Waals surface area contributed by atoms with Gasteiger partial charge in [0.2, 0.25) is 11.8 Å². The summed E-state index contributed by atoms with van der Waals surface area (Å²) in [4.78, 5) is 31.2. The zero-order valence-electron chi connectivity index (χ0n) is 17.4. The van der Waals surface area contributed by atoms with Crippen LogP contribution in [0.1, 0.15) is 38.9 Å². The van der Waals surface area contributed by atoms with Gasteiger partial charge < -0.3 is 15.3 Å². The Labute approximate surface area is 174 Å². The number of likely N-dealkylation sites (tertiary alicyclic amines) is 1. The number of β-amino-alcohol motifs (C(OH)–C–C–N with tert-alkyl or cyclic N) is 1. The molecule has 1 aliphatic rings. The van der Waals surface area contributed by atoms with Gasteiger partial charge in [-0.05, 0) is 17.5 Å². The summed E-state index contributed by atoms with van der Waals surface area (Å²) in [6.07, 6.45) is 2.62. The van der Waals surface area contributed by atoms with Crippen LogP contribution in [-0.2, 0) is 9.59 Å². The normalized spacial score (nSPS) is 19.9. The van der Waals surface area contributed by atoms with Gasteiger partial charge in [0.15, 0.2) is 0 Å². The fourth-order valence-corrected chi connectivity index (χ4v) is 3.66. The van der Waals surface area contributed by atoms with E-state index in [0.717, 1.165) is 0 Å². The lowest BCUT2D eigenvalue weighted by Gasteiger charge is -2.34. The first-order valence-electron chi connectivity index (χ1n) is 9.64. The summed E-state index contributed by atoms with van der Waals surface area (Å²) < 4.78 is 1.49. The van der Waals surface area contributed by atoms with E-state index in [1.54, 1.807) is 18.3 Å². The Balaban J connectivity index is 1.93. The number of nitrogens with zero attached hydrogens (tertiary/aromatic N) is 6. The predicted molar refractivity (Wildman–Crippen MR) is 107 cm³/mol. The molecule has 10 nitrogen and oxygen atoms in total. The first-order valence-corrected chi connectivity index (χ1v) is 9.64. The number of hydrogen-bond donors (Lipinski definition) is 2. The number of aliphatic hydroxyl groups is 1. The smallest absolute Gasteiger partial charge is 0.248 e. The molecular formula is C20H25N7O3. The average Bonchev–Trinajstić information content (AvgIpc) is 3.33. The molecule has 3 atom stereocenters. The van der Waals surface area contributed by atoms with Crippen molar-refractivity contribution in [2.75, 3.05) is 13.6 Å². The molecule has 2 N–H and O–H groups in total. The number of carbonyl (C=O) groups excluding carboxylic acids is 2. The summed E-state index contributed by atoms with van der Waals surface area (Å²) in [5, 5.41) is 29.9. The number of hydrogen-bond acceptors (Lipinski definition) is 7. The van der Waals surface area contributed by atoms with Crippen LogP contribution in [-0.4, -0.2) is 67.5 Å². The highest BCUT2D eigenvalue weighted by Gasteiger charge is 2.45. The largest absolute Gasteiger partial charge is 0.391 e. The minimum atomic E-state index is -0.757. The first kappa shape index (κ1) is 21.4. The maximum absolute atomic E-state index is 13.5. The van der Waals surface area contributed by atoms with Crippen molar-refractivity contribution in [1.29, 1.82) is 5.26 Å². The molecule has 3 rings (SSSR count). The SMILES string of the molecule is CNC(=O)[C@H]1CC(O)CN1C(=O)C(n1cc(-c2ccc(C#N)nc2)nn1)C(C)(C)C. The van der Waals surface area contributed by atoms with Crippen LogP contribution in [0.4, 0.5) is 0 Å². The highest BCUT2D eigenvalue weighted by molar-refractivity contribution is 5.90. The Morgan fingerprint density at radius 3 is 2.67 bits per heavy atom. The zero-order chi connectivity index (χ0) is 22.1. The van der Waals surface area contributed by atoms with Crippen molar-refractivity contribution in [3.8, 4) is 17.3 Å². The molecule has 0 aromatic carbocycles. The van der Waals surface area contributed by atoms with Gasteiger partial charge in [-0.2, -0.15) is 5.26 Å². The number of nitrogens with one attached hydrogen (secondary N) is 1. The minimum absolute atomic E-state index is 0.0879. The molecule has 0 saturated carbocycles. The van der Waals surface area contributed by atoms with E-state index in [1.807, 2.05) is 26.8 Å². The molecule has 2 aromatic heterocycles. The maximum atomic E-state index is 13.5. The first-order chi connectivity index (χ1) is 14.2. The fraction of sp³-hybridized carbons (Fsp3) is 0.500. The highest BCUT2D eigenvalue weighted by atomic mass is 16.3. The summed E-state index contributed by atoms with van der Waals surface area (Å²) in [6, 6.07) is 3.80. The van der Waals surface area contributed by atoms with Crippen LogP contribution in [0.15, 0.2) is 24.5 Å². The summed E-state index contributed by atoms with van der Waals surface area (Å²) in [5.41, 5.74) is 0.937. The van der Waals surface area contributed by atoms with Crippen molar-refractivity contribution in [3.05, 3.63) is 30.2 Å². The third kappa shape index (κ3) is 4.16. The standard InChI is InChI=1S/C20H25N7O3/c1-20(2,3)17(19(30)26-10-14(28)7-16(26)18(29)22-4)27-11-15(24-25-27)12-5-6-13(8-21)23-9-12/h5-6,9,11,14,16-17,28H,7,10H2,1-4H3,(H,22,29)/t14?,16-,17?/m1/s1. The van der Waals surface area contributed by atoms with Gasteiger partial charge in [0.05, 0.1) is 12.3 Å². The fourth-order valence-electron chi connectivity index (χ4n) is 3.66. The van der Waals surface area contributed by atoms with E-state index in [2.05, 4.69) is 20.6 Å². The van der Waals surface area contributed by atoms with E-state index < -0.39 is 23.6 Å². The molecular weight excluding hydrogens is 386 g/mol. The van der Waals surface area contributed by atoms with Crippen molar-refractivity contribution in [3.63, 3.8) is 0 Å². The Hall–Kier alpha value is -3.32. The lowest BCUT2D eigenvalue weighted by Crippen LogP contribution is -2.49. The monoisotopic (exact) mass is 411 g/mol. The highest BCUT2D eigenvalue weighted by Crippen LogP contribution is 2.34. The van der Waals surface area contributed by atoms with E-state index >= 15 is 0 Å². The van der Waals surface area contributed by atoms with E-state index in [9.17, 15) is 14.7 Å². The molecule has 3 heterocycles. The third-order valence-corrected chi connectivity index (χ3v) is 5.11. The van der Waals surface area contributed by atoms with Gasteiger partial charge in [-0.3, -0.25) is 9.59 Å². The van der Waals surface area contributed by atoms with Crippen LogP contribution >= 0.6 is 0 Å². The summed E-state index contributed by atoms with van der Waals surface area (Å²) >= 11 is 0. The number of carbonyl (C=O) groups is 2. The Bertz CT molecular complexity index is 972. The zero-order valence-corrected chi connectivity index (χ0v) is 17.4. The molecule has 1 saturated heterocycles. The number of rotatable bonds is 4. The van der Waals surface area contributed by atoms with E-state index in [-0.39, 0.29) is 24.8 Å². The van der Waals surface area contributed by atoms with Crippen molar-refractivity contribution >= 4 is 11.8 Å². The summed E-state index contributed by atoms with van der Waals surface area (Å²) in [5.74, 6) is -0.613. The van der Waals surface area contributed by atoms with Gasteiger partial charge in [0, 0.05) is 31.8 Å². The van der Waals surface area contributed by atoms with Crippen LogP contribution in [0.5, 0.6) is 0 Å². The number of aromatic nitrogens is 4. The number of nitriles is 1. The van der Waals surface area contributed by atoms with Crippen molar-refractivity contribution in [1.82, 2.24) is 30.2 Å². The van der Waals surface area contributed by atoms with Crippen molar-refractivity contribution in [2.24, 2.45) is 5.41 Å². The van der Waals surface area contributed by atoms with Gasteiger partial charge in [0.25, 0.3) is 0 Å². The van der Waals surface area contributed by atoms with E-state index in [0.29, 0.717) is 17.0 Å². The molecule has 1 aliphatic heterocycles. The van der Waals surface area contributed by atoms with Crippen LogP contribution in [0.2, 0.25) is 0 Å². The molecule has 0 bridgehead atoms. The number of aliphatic hydroxyl groups excluding tert-OH is 1. The van der Waals surface area contributed by atoms with Gasteiger partial charge in [-0.1, -0.05) is 26.0 Å². The maximum Gasteiger partial charge on any atom is 0.248 e. The van der Waals surface area contributed by atoms with Crippen molar-refractivity contribution in [2.45, 2.75) is 45.4 Å². The van der Waals surface area contributed by atoms with E-state index in [1.165, 1.54) is 22.8 Å². The predicted octanol–water partition coefficient (Wildman–Crippen LogP) is 0.507. The molecule has 30 heavy (non-hydrogen) atoms. The van der Waals surface area contributed by atoms with Crippen LogP contribution in [0.25, 0.3) is 11.3 Å². The summed E-state index contributed by atoms with van der Waals surface area (Å²) in [6.45, 7) is 5.80. The van der Waals surface area contributed by atoms with Crippen LogP contribution in [0.3, 0.4) is 0 Å². The molecule has 2 unspecified atom stereocenters. The molecule has 158 valence electrons. The second kappa shape index (κ2) is 8.20. The molecule has 0 spiro atoms. The minimum Gasteiger partial charge on any atom is -0.391 e. The number of likely N-dealkylation sites (N-methyl/N-ethyl adjacent to an activating group) is 1. The molecule has 2 amide bonds. The Kier molecular flexibility index (Phi) is 5.85. The summed E-state index contributed by atoms with van der Waals surface area (Å²) in [7, 11) is 1.51. The van der Waals surface area contributed by atoms with Crippen LogP contribution < -0.4 is 5.32 Å². The quantitative estimate of drug-likeness (QED) is 0.747. The van der Waals surface area contributed by atoms with Crippen LogP contribution in [0, 0.1) is 16.7 Å². The molecule has 0 aliphatic carbocycles. The lowest BCUT2D eigenvalue weighted by molar-refractivity contribution is -0.144. The van der Waals surface area contributed by atoms with Crippen molar-refractivity contribution < 1.29 is 14.7 Å². The molecule has 10 heteroatoms. The molecule has 2 aromatic rings. The Morgan fingerprint density at radius 1 is 1.37 bits per heavy atom. The second-order valence-electron chi connectivity index (χ2n) is 8.41. The Morgan fingerprint density at radius 2 is 2.10 bits per heavy atom. The topological polar surface area (TPSA) is 137 Å². The van der Waals surface area contributed by atoms with Gasteiger partial charge in [-0.25, -0.2) is 9.67 Å².